The third kappa shape index (κ3) is 3.01. The fourth-order valence-corrected chi connectivity index (χ4v) is 1.92. The molecule has 1 saturated heterocycles. The largest absolute Gasteiger partial charge is 0.476 e. The predicted octanol–water partition coefficient (Wildman–Crippen LogP) is 0.930. The first-order valence-corrected chi connectivity index (χ1v) is 6.29. The van der Waals surface area contributed by atoms with Gasteiger partial charge < -0.3 is 20.1 Å². The molecule has 1 atom stereocenters. The smallest absolute Gasteiger partial charge is 0.244 e. The van der Waals surface area contributed by atoms with Crippen LogP contribution in [-0.2, 0) is 0 Å². The van der Waals surface area contributed by atoms with Crippen molar-refractivity contribution in [3.05, 3.63) is 6.33 Å². The molecule has 0 aromatic carbocycles. The molecule has 0 saturated carbocycles. The summed E-state index contributed by atoms with van der Waals surface area (Å²) in [4.78, 5) is 10.3. The van der Waals surface area contributed by atoms with E-state index in [1.165, 1.54) is 6.33 Å². The Kier molecular flexibility index (Phi) is 4.19. The molecular weight excluding hydrogens is 232 g/mol. The molecule has 1 fully saturated rings. The lowest BCUT2D eigenvalue weighted by atomic mass is 10.3. The van der Waals surface area contributed by atoms with Crippen molar-refractivity contribution in [2.45, 2.75) is 25.9 Å². The summed E-state index contributed by atoms with van der Waals surface area (Å²) in [7, 11) is 2.07. The van der Waals surface area contributed by atoms with Gasteiger partial charge in [-0.25, -0.2) is 0 Å². The Morgan fingerprint density at radius 3 is 2.89 bits per heavy atom. The first-order valence-electron chi connectivity index (χ1n) is 6.29. The summed E-state index contributed by atoms with van der Waals surface area (Å²) in [6.45, 7) is 4.55. The Hall–Kier alpha value is -1.56. The quantitative estimate of drug-likeness (QED) is 0.840. The van der Waals surface area contributed by atoms with Crippen molar-refractivity contribution in [2.24, 2.45) is 0 Å². The Morgan fingerprint density at radius 1 is 1.44 bits per heavy atom. The van der Waals surface area contributed by atoms with E-state index in [-0.39, 0.29) is 6.10 Å². The van der Waals surface area contributed by atoms with Gasteiger partial charge in [-0.2, -0.15) is 9.97 Å². The van der Waals surface area contributed by atoms with Crippen LogP contribution < -0.4 is 15.2 Å². The fraction of sp³-hybridized carbons (Fsp3) is 0.667. The summed E-state index contributed by atoms with van der Waals surface area (Å²) in [6, 6.07) is 0. The molecule has 0 amide bonds. The van der Waals surface area contributed by atoms with E-state index in [9.17, 15) is 0 Å². The first kappa shape index (κ1) is 12.9. The van der Waals surface area contributed by atoms with E-state index in [0.717, 1.165) is 25.9 Å². The van der Waals surface area contributed by atoms with Crippen LogP contribution >= 0.6 is 0 Å². The number of rotatable bonds is 5. The summed E-state index contributed by atoms with van der Waals surface area (Å²) in [5.41, 5.74) is 6.34. The van der Waals surface area contributed by atoms with E-state index in [1.54, 1.807) is 0 Å². The maximum Gasteiger partial charge on any atom is 0.244 e. The number of ether oxygens (including phenoxy) is 2. The normalized spacial score (nSPS) is 20.0. The molecule has 18 heavy (non-hydrogen) atoms. The molecule has 0 radical (unpaired) electrons. The molecule has 2 rings (SSSR count). The topological polar surface area (TPSA) is 73.5 Å². The maximum atomic E-state index is 5.95. The first-order chi connectivity index (χ1) is 8.70. The van der Waals surface area contributed by atoms with Gasteiger partial charge in [0.05, 0.1) is 6.61 Å². The summed E-state index contributed by atoms with van der Waals surface area (Å²) in [5.74, 6) is 0.838. The summed E-state index contributed by atoms with van der Waals surface area (Å²) >= 11 is 0. The van der Waals surface area contributed by atoms with Crippen molar-refractivity contribution in [2.75, 3.05) is 32.5 Å². The highest BCUT2D eigenvalue weighted by molar-refractivity contribution is 5.55. The number of likely N-dealkylation sites (N-methyl/N-ethyl adjacent to an activating group) is 1. The molecule has 2 N–H and O–H groups in total. The second kappa shape index (κ2) is 5.86. The average molecular weight is 252 g/mol. The van der Waals surface area contributed by atoms with Crippen molar-refractivity contribution in [3.8, 4) is 11.8 Å². The lowest BCUT2D eigenvalue weighted by molar-refractivity contribution is 0.199. The lowest BCUT2D eigenvalue weighted by Gasteiger charge is -2.15. The molecule has 1 aliphatic heterocycles. The Morgan fingerprint density at radius 2 is 2.22 bits per heavy atom. The Balaban J connectivity index is 2.03. The van der Waals surface area contributed by atoms with Gasteiger partial charge in [-0.1, -0.05) is 6.92 Å². The minimum absolute atomic E-state index is 0.145. The van der Waals surface area contributed by atoms with E-state index < -0.39 is 0 Å². The van der Waals surface area contributed by atoms with Gasteiger partial charge >= 0.3 is 0 Å². The number of hydrogen-bond donors (Lipinski definition) is 1. The number of nitrogens with two attached hydrogens (primary N) is 1. The fourth-order valence-electron chi connectivity index (χ4n) is 1.92. The number of nitrogen functional groups attached to an aromatic ring is 1. The second-order valence-electron chi connectivity index (χ2n) is 4.54. The van der Waals surface area contributed by atoms with E-state index in [2.05, 4.69) is 21.9 Å². The van der Waals surface area contributed by atoms with Gasteiger partial charge in [0.15, 0.2) is 5.69 Å². The average Bonchev–Trinajstić information content (AvgIpc) is 2.76. The van der Waals surface area contributed by atoms with Crippen LogP contribution in [0.2, 0.25) is 0 Å². The van der Waals surface area contributed by atoms with Crippen LogP contribution in [0.15, 0.2) is 6.33 Å². The molecule has 1 aromatic heterocycles. The summed E-state index contributed by atoms with van der Waals surface area (Å²) in [5, 5.41) is 0. The van der Waals surface area contributed by atoms with Gasteiger partial charge in [-0.3, -0.25) is 0 Å². The van der Waals surface area contributed by atoms with Crippen LogP contribution in [0.4, 0.5) is 5.69 Å². The second-order valence-corrected chi connectivity index (χ2v) is 4.54. The summed E-state index contributed by atoms with van der Waals surface area (Å²) < 4.78 is 11.2. The van der Waals surface area contributed by atoms with E-state index >= 15 is 0 Å². The van der Waals surface area contributed by atoms with E-state index in [1.807, 2.05) is 6.92 Å². The highest BCUT2D eigenvalue weighted by Crippen LogP contribution is 2.28. The predicted molar refractivity (Wildman–Crippen MR) is 68.8 cm³/mol. The number of likely N-dealkylation sites (tertiary alicyclic amines) is 1. The van der Waals surface area contributed by atoms with Crippen LogP contribution in [0.25, 0.3) is 0 Å². The SMILES string of the molecule is CCCOc1ncnc(OC2CCN(C)C2)c1N. The Labute approximate surface area is 107 Å². The van der Waals surface area contributed by atoms with Crippen molar-refractivity contribution in [1.29, 1.82) is 0 Å². The highest BCUT2D eigenvalue weighted by atomic mass is 16.5. The molecule has 1 unspecified atom stereocenters. The van der Waals surface area contributed by atoms with Crippen molar-refractivity contribution in [3.63, 3.8) is 0 Å². The highest BCUT2D eigenvalue weighted by Gasteiger charge is 2.23. The molecule has 6 nitrogen and oxygen atoms in total. The monoisotopic (exact) mass is 252 g/mol. The van der Waals surface area contributed by atoms with Gasteiger partial charge in [-0.05, 0) is 19.9 Å². The molecule has 6 heteroatoms. The van der Waals surface area contributed by atoms with Crippen molar-refractivity contribution in [1.82, 2.24) is 14.9 Å². The molecule has 1 aromatic rings. The van der Waals surface area contributed by atoms with Crippen LogP contribution in [0.5, 0.6) is 11.8 Å². The zero-order valence-electron chi connectivity index (χ0n) is 10.9. The minimum atomic E-state index is 0.145. The summed E-state index contributed by atoms with van der Waals surface area (Å²) in [6.07, 6.45) is 3.47. The van der Waals surface area contributed by atoms with Crippen LogP contribution in [0.1, 0.15) is 19.8 Å². The maximum absolute atomic E-state index is 5.95. The number of anilines is 1. The van der Waals surface area contributed by atoms with Crippen molar-refractivity contribution < 1.29 is 9.47 Å². The van der Waals surface area contributed by atoms with E-state index in [4.69, 9.17) is 15.2 Å². The third-order valence-electron chi connectivity index (χ3n) is 2.88. The molecule has 1 aliphatic rings. The van der Waals surface area contributed by atoms with Gasteiger partial charge in [-0.15, -0.1) is 0 Å². The minimum Gasteiger partial charge on any atom is -0.476 e. The number of nitrogens with zero attached hydrogens (tertiary/aromatic N) is 3. The van der Waals surface area contributed by atoms with E-state index in [0.29, 0.717) is 24.1 Å². The van der Waals surface area contributed by atoms with Crippen LogP contribution in [-0.4, -0.2) is 47.7 Å². The zero-order valence-corrected chi connectivity index (χ0v) is 10.9. The standard InChI is InChI=1S/C12H20N4O2/c1-3-6-17-11-10(13)12(15-8-14-11)18-9-4-5-16(2)7-9/h8-9H,3-7,13H2,1-2H3. The zero-order chi connectivity index (χ0) is 13.0. The van der Waals surface area contributed by atoms with Crippen LogP contribution in [0, 0.1) is 0 Å². The lowest BCUT2D eigenvalue weighted by Crippen LogP contribution is -2.22. The molecule has 100 valence electrons. The molecule has 0 aliphatic carbocycles. The van der Waals surface area contributed by atoms with Crippen LogP contribution in [0.3, 0.4) is 0 Å². The third-order valence-corrected chi connectivity index (χ3v) is 2.88. The van der Waals surface area contributed by atoms with Gasteiger partial charge in [0.1, 0.15) is 12.4 Å². The van der Waals surface area contributed by atoms with Gasteiger partial charge in [0, 0.05) is 13.1 Å². The molecule has 0 bridgehead atoms. The molecular formula is C12H20N4O2. The number of hydrogen-bond acceptors (Lipinski definition) is 6. The number of aromatic nitrogens is 2. The van der Waals surface area contributed by atoms with Gasteiger partial charge in [0.2, 0.25) is 11.8 Å². The van der Waals surface area contributed by atoms with Gasteiger partial charge in [0.25, 0.3) is 0 Å². The molecule has 0 spiro atoms. The molecule has 2 heterocycles. The van der Waals surface area contributed by atoms with Crippen molar-refractivity contribution >= 4 is 5.69 Å². The Bertz CT molecular complexity index is 400.